The fourth-order valence-electron chi connectivity index (χ4n) is 3.59. The second kappa shape index (κ2) is 12.4. The van der Waals surface area contributed by atoms with Crippen LogP contribution in [0.4, 0.5) is 11.4 Å². The molecule has 11 heteroatoms. The predicted octanol–water partition coefficient (Wildman–Crippen LogP) is 8.38. The zero-order chi connectivity index (χ0) is 27.4. The van der Waals surface area contributed by atoms with Crippen molar-refractivity contribution >= 4 is 87.3 Å². The second-order valence-corrected chi connectivity index (χ2v) is 10.9. The van der Waals surface area contributed by atoms with Gasteiger partial charge in [0, 0.05) is 16.3 Å². The Kier molecular flexibility index (Phi) is 9.78. The van der Waals surface area contributed by atoms with Crippen LogP contribution in [0, 0.1) is 13.8 Å². The molecule has 1 unspecified atom stereocenters. The molecule has 0 heterocycles. The molecule has 3 aromatic carbocycles. The number of aryl methyl sites for hydroxylation is 2. The number of hydrogen-bond acceptors (Lipinski definition) is 4. The number of carboxylic acids is 1. The topological polar surface area (TPSA) is 95.5 Å². The fourth-order valence-corrected chi connectivity index (χ4v) is 5.62. The maximum atomic E-state index is 13.1. The van der Waals surface area contributed by atoms with E-state index in [1.165, 1.54) is 11.8 Å². The zero-order valence-electron chi connectivity index (χ0n) is 19.9. The van der Waals surface area contributed by atoms with Gasteiger partial charge in [0.2, 0.25) is 5.91 Å². The summed E-state index contributed by atoms with van der Waals surface area (Å²) in [5, 5.41) is 13.6. The van der Waals surface area contributed by atoms with Gasteiger partial charge in [0.15, 0.2) is 0 Å². The molecule has 0 aromatic heterocycles. The van der Waals surface area contributed by atoms with Crippen molar-refractivity contribution in [2.75, 3.05) is 10.6 Å². The minimum atomic E-state index is -1.49. The second-order valence-electron chi connectivity index (χ2n) is 8.06. The number of carbonyl (C=O) groups is 3. The SMILES string of the molecule is CCC(Sc1cccc(NC(=O)c2c(Cl)c(Cl)c(Cl)c(Cl)c2C(=O)O)c1)C(=O)Nc1c(C)cccc1C. The van der Waals surface area contributed by atoms with Crippen molar-refractivity contribution in [3.63, 3.8) is 0 Å². The van der Waals surface area contributed by atoms with Gasteiger partial charge in [0.05, 0.1) is 36.5 Å². The summed E-state index contributed by atoms with van der Waals surface area (Å²) in [6.07, 6.45) is 0.567. The number of benzene rings is 3. The highest BCUT2D eigenvalue weighted by Gasteiger charge is 2.29. The average molecular weight is 600 g/mol. The van der Waals surface area contributed by atoms with Crippen LogP contribution >= 0.6 is 58.2 Å². The quantitative estimate of drug-likeness (QED) is 0.137. The largest absolute Gasteiger partial charge is 0.478 e. The monoisotopic (exact) mass is 598 g/mol. The summed E-state index contributed by atoms with van der Waals surface area (Å²) in [6, 6.07) is 12.6. The summed E-state index contributed by atoms with van der Waals surface area (Å²) in [5.74, 6) is -2.45. The minimum absolute atomic E-state index is 0.136. The average Bonchev–Trinajstić information content (AvgIpc) is 2.85. The molecule has 0 radical (unpaired) electrons. The number of para-hydroxylation sites is 1. The Balaban J connectivity index is 1.83. The van der Waals surface area contributed by atoms with Crippen LogP contribution in [0.3, 0.4) is 0 Å². The van der Waals surface area contributed by atoms with E-state index in [2.05, 4.69) is 10.6 Å². The van der Waals surface area contributed by atoms with Gasteiger partial charge in [0.1, 0.15) is 0 Å². The van der Waals surface area contributed by atoms with Gasteiger partial charge in [-0.1, -0.05) is 77.6 Å². The van der Waals surface area contributed by atoms with E-state index < -0.39 is 33.3 Å². The summed E-state index contributed by atoms with van der Waals surface area (Å²) in [6.45, 7) is 5.79. The Labute approximate surface area is 238 Å². The van der Waals surface area contributed by atoms with Gasteiger partial charge in [-0.2, -0.15) is 0 Å². The smallest absolute Gasteiger partial charge is 0.338 e. The molecule has 6 nitrogen and oxygen atoms in total. The molecule has 0 saturated carbocycles. The number of aromatic carboxylic acids is 1. The van der Waals surface area contributed by atoms with Crippen molar-refractivity contribution < 1.29 is 19.5 Å². The summed E-state index contributed by atoms with van der Waals surface area (Å²) >= 11 is 25.6. The molecule has 3 aromatic rings. The Morgan fingerprint density at radius 1 is 0.865 bits per heavy atom. The minimum Gasteiger partial charge on any atom is -0.478 e. The summed E-state index contributed by atoms with van der Waals surface area (Å²) < 4.78 is 0. The third-order valence-electron chi connectivity index (χ3n) is 5.47. The van der Waals surface area contributed by atoms with Gasteiger partial charge >= 0.3 is 5.97 Å². The number of thioether (sulfide) groups is 1. The van der Waals surface area contributed by atoms with E-state index in [0.29, 0.717) is 12.1 Å². The number of amides is 2. The molecule has 3 N–H and O–H groups in total. The molecule has 0 spiro atoms. The number of hydrogen-bond donors (Lipinski definition) is 3. The van der Waals surface area contributed by atoms with Crippen molar-refractivity contribution in [2.45, 2.75) is 37.3 Å². The lowest BCUT2D eigenvalue weighted by Gasteiger charge is -2.18. The van der Waals surface area contributed by atoms with Gasteiger partial charge < -0.3 is 15.7 Å². The van der Waals surface area contributed by atoms with Crippen LogP contribution in [0.2, 0.25) is 20.1 Å². The molecule has 0 aliphatic heterocycles. The molecule has 194 valence electrons. The Bertz CT molecular complexity index is 1380. The highest BCUT2D eigenvalue weighted by atomic mass is 35.5. The van der Waals surface area contributed by atoms with Crippen molar-refractivity contribution in [3.05, 3.63) is 84.8 Å². The summed E-state index contributed by atoms with van der Waals surface area (Å²) in [4.78, 5) is 38.6. The van der Waals surface area contributed by atoms with E-state index in [1.54, 1.807) is 24.3 Å². The molecular weight excluding hydrogens is 578 g/mol. The van der Waals surface area contributed by atoms with E-state index in [0.717, 1.165) is 21.7 Å². The van der Waals surface area contributed by atoms with Crippen LogP contribution in [-0.4, -0.2) is 28.1 Å². The first-order valence-corrected chi connectivity index (χ1v) is 13.4. The molecule has 0 fully saturated rings. The maximum absolute atomic E-state index is 13.1. The molecule has 2 amide bonds. The van der Waals surface area contributed by atoms with Gasteiger partial charge in [-0.3, -0.25) is 9.59 Å². The van der Waals surface area contributed by atoms with Crippen LogP contribution in [0.15, 0.2) is 47.4 Å². The molecular formula is C26H22Cl4N2O4S. The van der Waals surface area contributed by atoms with Crippen LogP contribution < -0.4 is 10.6 Å². The van der Waals surface area contributed by atoms with E-state index in [1.807, 2.05) is 39.0 Å². The van der Waals surface area contributed by atoms with E-state index in [9.17, 15) is 19.5 Å². The molecule has 37 heavy (non-hydrogen) atoms. The lowest BCUT2D eigenvalue weighted by Crippen LogP contribution is -2.25. The Morgan fingerprint density at radius 2 is 1.43 bits per heavy atom. The van der Waals surface area contributed by atoms with Crippen molar-refractivity contribution in [2.24, 2.45) is 0 Å². The Hall–Kier alpha value is -2.42. The molecule has 3 rings (SSSR count). The predicted molar refractivity (Wildman–Crippen MR) is 152 cm³/mol. The van der Waals surface area contributed by atoms with Gasteiger partial charge in [-0.25, -0.2) is 4.79 Å². The number of nitrogens with one attached hydrogen (secondary N) is 2. The van der Waals surface area contributed by atoms with Crippen molar-refractivity contribution in [1.29, 1.82) is 0 Å². The standard InChI is InChI=1S/C26H22Cl4N2O4S/c1-4-16(24(33)32-23-12(2)7-5-8-13(23)3)37-15-10-6-9-14(11-15)31-25(34)17-18(26(35)36)20(28)22(30)21(29)19(17)27/h5-11,16H,4H2,1-3H3,(H,31,34)(H,32,33)(H,35,36). The van der Waals surface area contributed by atoms with Crippen LogP contribution in [0.25, 0.3) is 0 Å². The fraction of sp³-hybridized carbons (Fsp3) is 0.192. The third-order valence-corrected chi connectivity index (χ3v) is 8.63. The first kappa shape index (κ1) is 29.1. The molecule has 0 saturated heterocycles. The van der Waals surface area contributed by atoms with Gasteiger partial charge in [-0.05, 0) is 49.6 Å². The summed E-state index contributed by atoms with van der Waals surface area (Å²) in [5.41, 5.74) is 2.12. The van der Waals surface area contributed by atoms with Gasteiger partial charge in [-0.15, -0.1) is 11.8 Å². The van der Waals surface area contributed by atoms with E-state index >= 15 is 0 Å². The molecule has 0 bridgehead atoms. The number of carboxylic acid groups (broad SMARTS) is 1. The number of halogens is 4. The van der Waals surface area contributed by atoms with Crippen LogP contribution in [-0.2, 0) is 4.79 Å². The third kappa shape index (κ3) is 6.54. The highest BCUT2D eigenvalue weighted by molar-refractivity contribution is 8.00. The lowest BCUT2D eigenvalue weighted by molar-refractivity contribution is -0.115. The van der Waals surface area contributed by atoms with E-state index in [4.69, 9.17) is 46.4 Å². The molecule has 0 aliphatic rings. The first-order valence-electron chi connectivity index (χ1n) is 11.0. The lowest BCUT2D eigenvalue weighted by atomic mass is 10.1. The zero-order valence-corrected chi connectivity index (χ0v) is 23.8. The normalized spacial score (nSPS) is 11.6. The number of rotatable bonds is 8. The van der Waals surface area contributed by atoms with Crippen molar-refractivity contribution in [3.8, 4) is 0 Å². The molecule has 1 atom stereocenters. The number of carbonyl (C=O) groups excluding carboxylic acids is 2. The first-order chi connectivity index (χ1) is 17.5. The van der Waals surface area contributed by atoms with Crippen LogP contribution in [0.1, 0.15) is 45.2 Å². The Morgan fingerprint density at radius 3 is 2.00 bits per heavy atom. The van der Waals surface area contributed by atoms with Gasteiger partial charge in [0.25, 0.3) is 5.91 Å². The highest BCUT2D eigenvalue weighted by Crippen LogP contribution is 2.42. The number of anilines is 2. The van der Waals surface area contributed by atoms with Crippen molar-refractivity contribution in [1.82, 2.24) is 0 Å². The van der Waals surface area contributed by atoms with Crippen LogP contribution in [0.5, 0.6) is 0 Å². The molecule has 0 aliphatic carbocycles. The summed E-state index contributed by atoms with van der Waals surface area (Å²) in [7, 11) is 0. The maximum Gasteiger partial charge on any atom is 0.338 e. The van der Waals surface area contributed by atoms with E-state index in [-0.39, 0.29) is 21.0 Å².